The Bertz CT molecular complexity index is 359. The fourth-order valence-electron chi connectivity index (χ4n) is 2.39. The molecule has 0 aromatic heterocycles. The smallest absolute Gasteiger partial charge is 0.189 e. The number of rotatable bonds is 6. The van der Waals surface area contributed by atoms with Gasteiger partial charge in [-0.05, 0) is 43.9 Å². The molecule has 0 spiro atoms. The summed E-state index contributed by atoms with van der Waals surface area (Å²) >= 11 is 0. The minimum absolute atomic E-state index is 0.176. The molecule has 0 saturated heterocycles. The molecule has 2 rings (SSSR count). The Morgan fingerprint density at radius 3 is 2.83 bits per heavy atom. The Labute approximate surface area is 109 Å². The molecule has 1 unspecified atom stereocenters. The molecule has 18 heavy (non-hydrogen) atoms. The van der Waals surface area contributed by atoms with E-state index in [4.69, 9.17) is 15.2 Å². The highest BCUT2D eigenvalue weighted by molar-refractivity contribution is 5.28. The lowest BCUT2D eigenvalue weighted by Gasteiger charge is -2.13. The summed E-state index contributed by atoms with van der Waals surface area (Å²) in [4.78, 5) is 0. The number of ether oxygens (including phenoxy) is 2. The highest BCUT2D eigenvalue weighted by atomic mass is 16.7. The molecular formula is C15H23NO2. The van der Waals surface area contributed by atoms with Gasteiger partial charge in [0, 0.05) is 6.04 Å². The molecule has 0 radical (unpaired) electrons. The van der Waals surface area contributed by atoms with Gasteiger partial charge >= 0.3 is 0 Å². The van der Waals surface area contributed by atoms with Crippen molar-refractivity contribution in [2.75, 3.05) is 6.79 Å². The van der Waals surface area contributed by atoms with E-state index in [2.05, 4.69) is 6.07 Å². The maximum absolute atomic E-state index is 5.79. The lowest BCUT2D eigenvalue weighted by atomic mass is 10.1. The monoisotopic (exact) mass is 249 g/mol. The standard InChI is InChI=1S/C15H23NO2/c1-12(16)9-13-5-4-8-15(10-13)18-11-17-14-6-2-3-7-14/h4-5,8,10,12,14H,2-3,6-7,9,11,16H2,1H3. The lowest BCUT2D eigenvalue weighted by molar-refractivity contribution is -0.0325. The number of hydrogen-bond acceptors (Lipinski definition) is 3. The zero-order valence-corrected chi connectivity index (χ0v) is 11.1. The highest BCUT2D eigenvalue weighted by Crippen LogP contribution is 2.21. The van der Waals surface area contributed by atoms with Crippen molar-refractivity contribution in [3.8, 4) is 5.75 Å². The maximum atomic E-state index is 5.79. The van der Waals surface area contributed by atoms with Gasteiger partial charge in [-0.3, -0.25) is 0 Å². The summed E-state index contributed by atoms with van der Waals surface area (Å²) in [5, 5.41) is 0. The van der Waals surface area contributed by atoms with Crippen molar-refractivity contribution >= 4 is 0 Å². The van der Waals surface area contributed by atoms with Gasteiger partial charge in [0.2, 0.25) is 0 Å². The summed E-state index contributed by atoms with van der Waals surface area (Å²) in [7, 11) is 0. The Morgan fingerprint density at radius 1 is 1.33 bits per heavy atom. The van der Waals surface area contributed by atoms with E-state index in [1.165, 1.54) is 31.2 Å². The predicted molar refractivity (Wildman–Crippen MR) is 72.6 cm³/mol. The van der Waals surface area contributed by atoms with Crippen LogP contribution in [0.3, 0.4) is 0 Å². The van der Waals surface area contributed by atoms with E-state index in [1.54, 1.807) is 0 Å². The average Bonchev–Trinajstić information content (AvgIpc) is 2.82. The molecule has 1 aromatic rings. The van der Waals surface area contributed by atoms with Gasteiger partial charge in [-0.1, -0.05) is 25.0 Å². The van der Waals surface area contributed by atoms with Crippen molar-refractivity contribution in [2.45, 2.75) is 51.2 Å². The van der Waals surface area contributed by atoms with E-state index in [1.807, 2.05) is 25.1 Å². The molecule has 3 nitrogen and oxygen atoms in total. The van der Waals surface area contributed by atoms with Crippen molar-refractivity contribution in [1.82, 2.24) is 0 Å². The van der Waals surface area contributed by atoms with Crippen LogP contribution in [0, 0.1) is 0 Å². The van der Waals surface area contributed by atoms with Gasteiger partial charge < -0.3 is 15.2 Å². The summed E-state index contributed by atoms with van der Waals surface area (Å²) in [5.74, 6) is 0.867. The van der Waals surface area contributed by atoms with Gasteiger partial charge in [0.05, 0.1) is 6.10 Å². The van der Waals surface area contributed by atoms with Gasteiger partial charge in [0.25, 0.3) is 0 Å². The van der Waals surface area contributed by atoms with Crippen molar-refractivity contribution in [2.24, 2.45) is 5.73 Å². The summed E-state index contributed by atoms with van der Waals surface area (Å²) in [5.41, 5.74) is 7.00. The van der Waals surface area contributed by atoms with Crippen LogP contribution in [0.15, 0.2) is 24.3 Å². The molecule has 1 aliphatic carbocycles. The SMILES string of the molecule is CC(N)Cc1cccc(OCOC2CCCC2)c1. The summed E-state index contributed by atoms with van der Waals surface area (Å²) < 4.78 is 11.3. The van der Waals surface area contributed by atoms with Crippen LogP contribution < -0.4 is 10.5 Å². The molecule has 0 heterocycles. The van der Waals surface area contributed by atoms with Gasteiger partial charge in [0.1, 0.15) is 5.75 Å². The molecule has 1 aromatic carbocycles. The van der Waals surface area contributed by atoms with Crippen LogP contribution in [-0.4, -0.2) is 18.9 Å². The van der Waals surface area contributed by atoms with Gasteiger partial charge in [-0.2, -0.15) is 0 Å². The molecule has 1 saturated carbocycles. The quantitative estimate of drug-likeness (QED) is 0.788. The van der Waals surface area contributed by atoms with Crippen LogP contribution in [0.4, 0.5) is 0 Å². The molecular weight excluding hydrogens is 226 g/mol. The predicted octanol–water partition coefficient (Wildman–Crippen LogP) is 2.87. The van der Waals surface area contributed by atoms with E-state index in [-0.39, 0.29) is 6.04 Å². The normalized spacial score (nSPS) is 17.9. The number of hydrogen-bond donors (Lipinski definition) is 1. The molecule has 100 valence electrons. The summed E-state index contributed by atoms with van der Waals surface area (Å²) in [6, 6.07) is 8.26. The Balaban J connectivity index is 1.77. The molecule has 0 bridgehead atoms. The molecule has 1 fully saturated rings. The lowest BCUT2D eigenvalue weighted by Crippen LogP contribution is -2.17. The van der Waals surface area contributed by atoms with Crippen LogP contribution in [0.25, 0.3) is 0 Å². The van der Waals surface area contributed by atoms with Crippen LogP contribution in [-0.2, 0) is 11.2 Å². The first-order valence-corrected chi connectivity index (χ1v) is 6.83. The van der Waals surface area contributed by atoms with E-state index >= 15 is 0 Å². The largest absolute Gasteiger partial charge is 0.468 e. The van der Waals surface area contributed by atoms with Crippen molar-refractivity contribution in [1.29, 1.82) is 0 Å². The zero-order chi connectivity index (χ0) is 12.8. The van der Waals surface area contributed by atoms with E-state index in [0.29, 0.717) is 12.9 Å². The third kappa shape index (κ3) is 4.31. The minimum Gasteiger partial charge on any atom is -0.468 e. The molecule has 0 aliphatic heterocycles. The molecule has 2 N–H and O–H groups in total. The van der Waals surface area contributed by atoms with Crippen LogP contribution >= 0.6 is 0 Å². The minimum atomic E-state index is 0.176. The first kappa shape index (κ1) is 13.4. The zero-order valence-electron chi connectivity index (χ0n) is 11.1. The van der Waals surface area contributed by atoms with Crippen molar-refractivity contribution in [3.05, 3.63) is 29.8 Å². The Kier molecular flexibility index (Phi) is 5.02. The molecule has 3 heteroatoms. The Morgan fingerprint density at radius 2 is 2.11 bits per heavy atom. The number of nitrogens with two attached hydrogens (primary N) is 1. The third-order valence-electron chi connectivity index (χ3n) is 3.29. The van der Waals surface area contributed by atoms with E-state index in [0.717, 1.165) is 12.2 Å². The summed E-state index contributed by atoms with van der Waals surface area (Å²) in [6.45, 7) is 2.36. The van der Waals surface area contributed by atoms with Gasteiger partial charge in [-0.15, -0.1) is 0 Å². The average molecular weight is 249 g/mol. The third-order valence-corrected chi connectivity index (χ3v) is 3.29. The van der Waals surface area contributed by atoms with Gasteiger partial charge in [0.15, 0.2) is 6.79 Å². The molecule has 0 amide bonds. The van der Waals surface area contributed by atoms with Gasteiger partial charge in [-0.25, -0.2) is 0 Å². The fraction of sp³-hybridized carbons (Fsp3) is 0.600. The van der Waals surface area contributed by atoms with Crippen LogP contribution in [0.1, 0.15) is 38.2 Å². The summed E-state index contributed by atoms with van der Waals surface area (Å²) in [6.07, 6.45) is 6.20. The first-order valence-electron chi connectivity index (χ1n) is 6.83. The fourth-order valence-corrected chi connectivity index (χ4v) is 2.39. The highest BCUT2D eigenvalue weighted by Gasteiger charge is 2.15. The van der Waals surface area contributed by atoms with Crippen molar-refractivity contribution in [3.63, 3.8) is 0 Å². The second-order valence-corrected chi connectivity index (χ2v) is 5.16. The maximum Gasteiger partial charge on any atom is 0.189 e. The molecule has 1 atom stereocenters. The van der Waals surface area contributed by atoms with Crippen molar-refractivity contribution < 1.29 is 9.47 Å². The topological polar surface area (TPSA) is 44.5 Å². The second kappa shape index (κ2) is 6.76. The number of benzene rings is 1. The van der Waals surface area contributed by atoms with Crippen LogP contribution in [0.2, 0.25) is 0 Å². The molecule has 1 aliphatic rings. The first-order chi connectivity index (χ1) is 8.74. The van der Waals surface area contributed by atoms with E-state index in [9.17, 15) is 0 Å². The Hall–Kier alpha value is -1.06. The van der Waals surface area contributed by atoms with E-state index < -0.39 is 0 Å². The van der Waals surface area contributed by atoms with Crippen LogP contribution in [0.5, 0.6) is 5.75 Å². The second-order valence-electron chi connectivity index (χ2n) is 5.16.